The molecule has 0 amide bonds. The molecule has 0 fully saturated rings. The third-order valence-electron chi connectivity index (χ3n) is 2.02. The summed E-state index contributed by atoms with van der Waals surface area (Å²) in [6.45, 7) is 0. The summed E-state index contributed by atoms with van der Waals surface area (Å²) in [4.78, 5) is -0.0730. The Balaban J connectivity index is 0. The molecular formula is C10H10CaO3S. The van der Waals surface area contributed by atoms with Crippen LogP contribution >= 0.6 is 0 Å². The van der Waals surface area contributed by atoms with Gasteiger partial charge in [0.05, 0.1) is 4.90 Å². The predicted molar refractivity (Wildman–Crippen MR) is 61.7 cm³/mol. The van der Waals surface area contributed by atoms with Crippen molar-refractivity contribution < 1.29 is 15.8 Å². The van der Waals surface area contributed by atoms with Gasteiger partial charge in [0, 0.05) is 0 Å². The summed E-state index contributed by atoms with van der Waals surface area (Å²) in [5.41, 5.74) is 0. The van der Waals surface area contributed by atoms with E-state index >= 15 is 0 Å². The van der Waals surface area contributed by atoms with Crippen molar-refractivity contribution in [3.05, 3.63) is 42.5 Å². The van der Waals surface area contributed by atoms with Crippen LogP contribution in [-0.2, 0) is 10.1 Å². The number of fused-ring (bicyclic) bond motifs is 1. The van der Waals surface area contributed by atoms with E-state index in [2.05, 4.69) is 0 Å². The fourth-order valence-electron chi connectivity index (χ4n) is 1.33. The molecule has 0 aliphatic carbocycles. The molecule has 0 saturated carbocycles. The molecule has 0 bridgehead atoms. The number of rotatable bonds is 1. The molecule has 3 nitrogen and oxygen atoms in total. The number of hydrogen-bond acceptors (Lipinski definition) is 2. The zero-order valence-electron chi connectivity index (χ0n) is 9.92. The Bertz CT molecular complexity index is 587. The van der Waals surface area contributed by atoms with Gasteiger partial charge in [-0.25, -0.2) is 0 Å². The van der Waals surface area contributed by atoms with E-state index in [1.54, 1.807) is 12.1 Å². The molecule has 0 aliphatic heterocycles. The van der Waals surface area contributed by atoms with Crippen LogP contribution in [0.15, 0.2) is 47.4 Å². The fraction of sp³-hybridized carbons (Fsp3) is 0. The van der Waals surface area contributed by atoms with Crippen molar-refractivity contribution in [2.45, 2.75) is 4.90 Å². The summed E-state index contributed by atoms with van der Waals surface area (Å²) in [5, 5.41) is 1.74. The zero-order valence-corrected chi connectivity index (χ0v) is 10.9. The van der Waals surface area contributed by atoms with E-state index in [1.165, 1.54) is 12.1 Å². The standard InChI is InChI=1S/C10H8O3S.Ca.2H/c11-14(12,13)10-6-5-8-3-1-2-4-9(8)7-10;;;/h1-7H,(H,11,12,13);;;/q;+2;2*-1. The SMILES string of the molecule is O=S(=O)(O)c1ccc2ccccc2c1.[Ca+2].[H-].[H-]. The smallest absolute Gasteiger partial charge is 1.00 e. The Labute approximate surface area is 121 Å². The second-order valence-corrected chi connectivity index (χ2v) is 4.41. The van der Waals surface area contributed by atoms with Gasteiger partial charge in [0.15, 0.2) is 0 Å². The van der Waals surface area contributed by atoms with Crippen molar-refractivity contribution >= 4 is 58.6 Å². The first-order chi connectivity index (χ1) is 6.57. The van der Waals surface area contributed by atoms with Crippen LogP contribution in [0.5, 0.6) is 0 Å². The van der Waals surface area contributed by atoms with Crippen LogP contribution in [0.3, 0.4) is 0 Å². The summed E-state index contributed by atoms with van der Waals surface area (Å²) >= 11 is 0. The maximum atomic E-state index is 10.8. The fourth-order valence-corrected chi connectivity index (χ4v) is 1.84. The first-order valence-electron chi connectivity index (χ1n) is 4.04. The number of hydrogen-bond donors (Lipinski definition) is 1. The zero-order chi connectivity index (χ0) is 10.2. The van der Waals surface area contributed by atoms with E-state index < -0.39 is 10.1 Å². The van der Waals surface area contributed by atoms with E-state index in [9.17, 15) is 8.42 Å². The second kappa shape index (κ2) is 4.80. The minimum Gasteiger partial charge on any atom is -1.00 e. The summed E-state index contributed by atoms with van der Waals surface area (Å²) in [7, 11) is -4.09. The molecule has 0 unspecified atom stereocenters. The molecule has 2 rings (SSSR count). The first kappa shape index (κ1) is 12.9. The molecule has 15 heavy (non-hydrogen) atoms. The van der Waals surface area contributed by atoms with Crippen molar-refractivity contribution in [1.29, 1.82) is 0 Å². The van der Waals surface area contributed by atoms with Crippen molar-refractivity contribution in [2.75, 3.05) is 0 Å². The molecular weight excluding hydrogens is 240 g/mol. The second-order valence-electron chi connectivity index (χ2n) is 2.98. The Morgan fingerprint density at radius 2 is 1.60 bits per heavy atom. The minimum absolute atomic E-state index is 0. The van der Waals surface area contributed by atoms with Gasteiger partial charge in [0.25, 0.3) is 10.1 Å². The average molecular weight is 250 g/mol. The van der Waals surface area contributed by atoms with Crippen molar-refractivity contribution in [3.8, 4) is 0 Å². The van der Waals surface area contributed by atoms with Crippen LogP contribution in [0, 0.1) is 0 Å². The summed E-state index contributed by atoms with van der Waals surface area (Å²) < 4.78 is 30.5. The van der Waals surface area contributed by atoms with Crippen LogP contribution in [0.25, 0.3) is 10.8 Å². The Morgan fingerprint density at radius 1 is 1.00 bits per heavy atom. The molecule has 5 heteroatoms. The molecule has 0 radical (unpaired) electrons. The van der Waals surface area contributed by atoms with Crippen LogP contribution in [0.4, 0.5) is 0 Å². The molecule has 0 saturated heterocycles. The van der Waals surface area contributed by atoms with Gasteiger partial charge >= 0.3 is 37.7 Å². The van der Waals surface area contributed by atoms with Gasteiger partial charge in [0.1, 0.15) is 0 Å². The Hall–Kier alpha value is -0.130. The molecule has 0 spiro atoms. The van der Waals surface area contributed by atoms with E-state index in [4.69, 9.17) is 4.55 Å². The Kier molecular flexibility index (Phi) is 4.14. The maximum absolute atomic E-state index is 10.8. The monoisotopic (exact) mass is 250 g/mol. The predicted octanol–water partition coefficient (Wildman–Crippen LogP) is 1.93. The van der Waals surface area contributed by atoms with E-state index in [1.807, 2.05) is 18.2 Å². The topological polar surface area (TPSA) is 54.4 Å². The summed E-state index contributed by atoms with van der Waals surface area (Å²) in [6.07, 6.45) is 0. The largest absolute Gasteiger partial charge is 2.00 e. The van der Waals surface area contributed by atoms with Crippen molar-refractivity contribution in [1.82, 2.24) is 0 Å². The average Bonchev–Trinajstić information content (AvgIpc) is 2.16. The summed E-state index contributed by atoms with van der Waals surface area (Å²) in [6, 6.07) is 11.9. The maximum Gasteiger partial charge on any atom is 2.00 e. The molecule has 2 aromatic carbocycles. The summed E-state index contributed by atoms with van der Waals surface area (Å²) in [5.74, 6) is 0. The third-order valence-corrected chi connectivity index (χ3v) is 2.87. The third kappa shape index (κ3) is 2.92. The Morgan fingerprint density at radius 3 is 2.20 bits per heavy atom. The van der Waals surface area contributed by atoms with E-state index in [0.717, 1.165) is 10.8 Å². The van der Waals surface area contributed by atoms with Gasteiger partial charge in [-0.2, -0.15) is 8.42 Å². The van der Waals surface area contributed by atoms with Crippen LogP contribution in [-0.4, -0.2) is 50.7 Å². The van der Waals surface area contributed by atoms with Crippen LogP contribution in [0.1, 0.15) is 2.85 Å². The molecule has 2 aromatic rings. The van der Waals surface area contributed by atoms with Gasteiger partial charge in [-0.1, -0.05) is 30.3 Å². The molecule has 0 aromatic heterocycles. The van der Waals surface area contributed by atoms with Crippen molar-refractivity contribution in [2.24, 2.45) is 0 Å². The number of benzene rings is 2. The van der Waals surface area contributed by atoms with Crippen molar-refractivity contribution in [3.63, 3.8) is 0 Å². The van der Waals surface area contributed by atoms with Gasteiger partial charge in [-0.3, -0.25) is 4.55 Å². The molecule has 1 N–H and O–H groups in total. The van der Waals surface area contributed by atoms with Crippen LogP contribution < -0.4 is 0 Å². The normalized spacial score (nSPS) is 11.0. The van der Waals surface area contributed by atoms with E-state index in [0.29, 0.717) is 0 Å². The van der Waals surface area contributed by atoms with Gasteiger partial charge in [0.2, 0.25) is 0 Å². The minimum atomic E-state index is -4.09. The molecule has 76 valence electrons. The first-order valence-corrected chi connectivity index (χ1v) is 5.48. The quantitative estimate of drug-likeness (QED) is 0.621. The van der Waals surface area contributed by atoms with Gasteiger partial charge in [-0.05, 0) is 22.9 Å². The molecule has 0 atom stereocenters. The molecule has 0 aliphatic rings. The van der Waals surface area contributed by atoms with Gasteiger partial charge in [-0.15, -0.1) is 0 Å². The molecule has 0 heterocycles. The van der Waals surface area contributed by atoms with E-state index in [-0.39, 0.29) is 45.5 Å². The van der Waals surface area contributed by atoms with Crippen LogP contribution in [0.2, 0.25) is 0 Å². The van der Waals surface area contributed by atoms with Gasteiger partial charge < -0.3 is 2.85 Å².